The summed E-state index contributed by atoms with van der Waals surface area (Å²) in [6.07, 6.45) is 1.98. The van der Waals surface area contributed by atoms with E-state index in [1.54, 1.807) is 7.11 Å². The van der Waals surface area contributed by atoms with Crippen molar-refractivity contribution >= 4 is 0 Å². The van der Waals surface area contributed by atoms with Gasteiger partial charge in [-0.3, -0.25) is 0 Å². The molecule has 0 aromatic heterocycles. The van der Waals surface area contributed by atoms with Gasteiger partial charge < -0.3 is 21.5 Å². The van der Waals surface area contributed by atoms with E-state index < -0.39 is 0 Å². The third-order valence-electron chi connectivity index (χ3n) is 3.03. The molecule has 0 saturated carbocycles. The molecule has 4 heteroatoms. The minimum Gasteiger partial charge on any atom is -0.496 e. The molecule has 102 valence electrons. The number of aryl methyl sites for hydroxylation is 1. The van der Waals surface area contributed by atoms with Crippen LogP contribution in [-0.2, 0) is 12.8 Å². The predicted molar refractivity (Wildman–Crippen MR) is 76.0 cm³/mol. The zero-order chi connectivity index (χ0) is 13.4. The van der Waals surface area contributed by atoms with Gasteiger partial charge in [0.25, 0.3) is 0 Å². The van der Waals surface area contributed by atoms with Crippen molar-refractivity contribution < 1.29 is 4.74 Å². The highest BCUT2D eigenvalue weighted by Gasteiger charge is 2.04. The summed E-state index contributed by atoms with van der Waals surface area (Å²) in [5, 5.41) is 3.31. The van der Waals surface area contributed by atoms with Crippen molar-refractivity contribution in [1.29, 1.82) is 0 Å². The predicted octanol–water partition coefficient (Wildman–Crippen LogP) is 0.676. The van der Waals surface area contributed by atoms with Gasteiger partial charge in [0.15, 0.2) is 0 Å². The van der Waals surface area contributed by atoms with E-state index in [9.17, 15) is 0 Å². The highest BCUT2D eigenvalue weighted by molar-refractivity contribution is 5.37. The lowest BCUT2D eigenvalue weighted by Gasteiger charge is -2.12. The van der Waals surface area contributed by atoms with Gasteiger partial charge in [-0.05, 0) is 36.6 Å². The molecule has 0 aliphatic heterocycles. The molecule has 1 aromatic rings. The normalized spacial score (nSPS) is 12.4. The molecule has 0 radical (unpaired) electrons. The maximum Gasteiger partial charge on any atom is 0.122 e. The fourth-order valence-corrected chi connectivity index (χ4v) is 1.84. The van der Waals surface area contributed by atoms with Crippen LogP contribution in [-0.4, -0.2) is 32.8 Å². The van der Waals surface area contributed by atoms with E-state index in [1.165, 1.54) is 11.1 Å². The van der Waals surface area contributed by atoms with Gasteiger partial charge in [0.1, 0.15) is 5.75 Å². The van der Waals surface area contributed by atoms with Crippen LogP contribution >= 0.6 is 0 Å². The van der Waals surface area contributed by atoms with Gasteiger partial charge in [0.2, 0.25) is 0 Å². The Morgan fingerprint density at radius 2 is 2.17 bits per heavy atom. The molecule has 1 rings (SSSR count). The number of nitrogens with two attached hydrogens (primary N) is 2. The number of hydrogen-bond donors (Lipinski definition) is 3. The molecule has 1 unspecified atom stereocenters. The minimum absolute atomic E-state index is 0.0360. The molecule has 0 heterocycles. The summed E-state index contributed by atoms with van der Waals surface area (Å²) in [6, 6.07) is 6.40. The molecule has 0 spiro atoms. The molecule has 4 nitrogen and oxygen atoms in total. The summed E-state index contributed by atoms with van der Waals surface area (Å²) in [4.78, 5) is 0. The summed E-state index contributed by atoms with van der Waals surface area (Å²) in [7, 11) is 1.71. The fourth-order valence-electron chi connectivity index (χ4n) is 1.84. The highest BCUT2D eigenvalue weighted by Crippen LogP contribution is 2.20. The number of rotatable bonds is 8. The lowest BCUT2D eigenvalue weighted by Crippen LogP contribution is -2.40. The van der Waals surface area contributed by atoms with Crippen LogP contribution in [0.3, 0.4) is 0 Å². The first kappa shape index (κ1) is 15.0. The largest absolute Gasteiger partial charge is 0.496 e. The minimum atomic E-state index is 0.0360. The van der Waals surface area contributed by atoms with E-state index in [-0.39, 0.29) is 6.04 Å². The van der Waals surface area contributed by atoms with Crippen molar-refractivity contribution in [2.45, 2.75) is 25.8 Å². The molecular weight excluding hydrogens is 226 g/mol. The zero-order valence-electron chi connectivity index (χ0n) is 11.4. The first-order valence-corrected chi connectivity index (χ1v) is 6.53. The third-order valence-corrected chi connectivity index (χ3v) is 3.03. The standard InChI is InChI=1S/C14H25N3O/c1-3-11-4-5-14(18-2)12(8-11)6-7-17-10-13(16)9-15/h4-5,8,13,17H,3,6-7,9-10,15-16H2,1-2H3. The SMILES string of the molecule is CCc1ccc(OC)c(CCNCC(N)CN)c1. The van der Waals surface area contributed by atoms with Crippen molar-refractivity contribution in [2.75, 3.05) is 26.7 Å². The van der Waals surface area contributed by atoms with Gasteiger partial charge in [0, 0.05) is 19.1 Å². The topological polar surface area (TPSA) is 73.3 Å². The molecule has 0 fully saturated rings. The lowest BCUT2D eigenvalue weighted by atomic mass is 10.1. The summed E-state index contributed by atoms with van der Waals surface area (Å²) < 4.78 is 5.37. The monoisotopic (exact) mass is 251 g/mol. The van der Waals surface area contributed by atoms with E-state index in [1.807, 2.05) is 6.07 Å². The summed E-state index contributed by atoms with van der Waals surface area (Å²) in [5.74, 6) is 0.956. The average molecular weight is 251 g/mol. The van der Waals surface area contributed by atoms with Crippen molar-refractivity contribution in [3.05, 3.63) is 29.3 Å². The molecule has 18 heavy (non-hydrogen) atoms. The van der Waals surface area contributed by atoms with Gasteiger partial charge in [-0.25, -0.2) is 0 Å². The van der Waals surface area contributed by atoms with E-state index in [2.05, 4.69) is 24.4 Å². The molecule has 0 amide bonds. The molecule has 0 aliphatic carbocycles. The van der Waals surface area contributed by atoms with Crippen LogP contribution in [0.2, 0.25) is 0 Å². The Bertz CT molecular complexity index is 355. The molecule has 0 bridgehead atoms. The molecule has 5 N–H and O–H groups in total. The van der Waals surface area contributed by atoms with Crippen LogP contribution in [0.25, 0.3) is 0 Å². The highest BCUT2D eigenvalue weighted by atomic mass is 16.5. The smallest absolute Gasteiger partial charge is 0.122 e. The van der Waals surface area contributed by atoms with Crippen LogP contribution in [0.1, 0.15) is 18.1 Å². The number of ether oxygens (including phenoxy) is 1. The van der Waals surface area contributed by atoms with Crippen LogP contribution in [0.4, 0.5) is 0 Å². The molecule has 1 atom stereocenters. The molecule has 0 saturated heterocycles. The summed E-state index contributed by atoms with van der Waals surface area (Å²) >= 11 is 0. The van der Waals surface area contributed by atoms with E-state index in [0.29, 0.717) is 6.54 Å². The average Bonchev–Trinajstić information content (AvgIpc) is 2.42. The Labute approximate surface area is 110 Å². The molecule has 1 aromatic carbocycles. The Morgan fingerprint density at radius 1 is 1.39 bits per heavy atom. The van der Waals surface area contributed by atoms with Crippen molar-refractivity contribution in [1.82, 2.24) is 5.32 Å². The number of nitrogens with one attached hydrogen (secondary N) is 1. The van der Waals surface area contributed by atoms with Crippen LogP contribution in [0, 0.1) is 0 Å². The molecular formula is C14H25N3O. The van der Waals surface area contributed by atoms with Crippen LogP contribution in [0.5, 0.6) is 5.75 Å². The first-order chi connectivity index (χ1) is 8.71. The second kappa shape index (κ2) is 8.08. The first-order valence-electron chi connectivity index (χ1n) is 6.53. The second-order valence-electron chi connectivity index (χ2n) is 4.45. The lowest BCUT2D eigenvalue weighted by molar-refractivity contribution is 0.408. The maximum absolute atomic E-state index is 5.74. The van der Waals surface area contributed by atoms with Gasteiger partial charge in [-0.15, -0.1) is 0 Å². The van der Waals surface area contributed by atoms with Crippen molar-refractivity contribution in [3.8, 4) is 5.75 Å². The van der Waals surface area contributed by atoms with Gasteiger partial charge in [0.05, 0.1) is 7.11 Å². The Kier molecular flexibility index (Phi) is 6.72. The Hall–Kier alpha value is -1.10. The second-order valence-corrected chi connectivity index (χ2v) is 4.45. The van der Waals surface area contributed by atoms with Crippen molar-refractivity contribution in [2.24, 2.45) is 11.5 Å². The Morgan fingerprint density at radius 3 is 2.78 bits per heavy atom. The third kappa shape index (κ3) is 4.64. The fraction of sp³-hybridized carbons (Fsp3) is 0.571. The number of benzene rings is 1. The zero-order valence-corrected chi connectivity index (χ0v) is 11.4. The molecule has 0 aliphatic rings. The Balaban J connectivity index is 2.49. The maximum atomic E-state index is 5.74. The van der Waals surface area contributed by atoms with E-state index in [0.717, 1.165) is 31.7 Å². The van der Waals surface area contributed by atoms with Crippen LogP contribution in [0.15, 0.2) is 18.2 Å². The van der Waals surface area contributed by atoms with Gasteiger partial charge >= 0.3 is 0 Å². The summed E-state index contributed by atoms with van der Waals surface area (Å²) in [6.45, 7) is 4.31. The quantitative estimate of drug-likeness (QED) is 0.594. The van der Waals surface area contributed by atoms with Gasteiger partial charge in [-0.2, -0.15) is 0 Å². The van der Waals surface area contributed by atoms with Gasteiger partial charge in [-0.1, -0.05) is 19.1 Å². The number of methoxy groups -OCH3 is 1. The van der Waals surface area contributed by atoms with E-state index >= 15 is 0 Å². The van der Waals surface area contributed by atoms with E-state index in [4.69, 9.17) is 16.2 Å². The number of hydrogen-bond acceptors (Lipinski definition) is 4. The van der Waals surface area contributed by atoms with Crippen LogP contribution < -0.4 is 21.5 Å². The summed E-state index contributed by atoms with van der Waals surface area (Å²) in [5.41, 5.74) is 13.8. The van der Waals surface area contributed by atoms with Crippen molar-refractivity contribution in [3.63, 3.8) is 0 Å².